The van der Waals surface area contributed by atoms with Crippen LogP contribution in [-0.4, -0.2) is 19.9 Å². The van der Waals surface area contributed by atoms with Crippen LogP contribution >= 0.6 is 0 Å². The van der Waals surface area contributed by atoms with Crippen LogP contribution in [0.15, 0.2) is 33.7 Å². The van der Waals surface area contributed by atoms with Crippen LogP contribution in [0.2, 0.25) is 0 Å². The van der Waals surface area contributed by atoms with Gasteiger partial charge in [0.2, 0.25) is 10.0 Å². The van der Waals surface area contributed by atoms with Gasteiger partial charge in [-0.2, -0.15) is 0 Å². The van der Waals surface area contributed by atoms with Crippen LogP contribution in [0.4, 0.5) is 13.2 Å². The highest BCUT2D eigenvalue weighted by molar-refractivity contribution is 7.89. The minimum absolute atomic E-state index is 0.0418. The minimum Gasteiger partial charge on any atom is -0.405 e. The summed E-state index contributed by atoms with van der Waals surface area (Å²) in [7, 11) is -3.98. The number of ether oxygens (including phenoxy) is 1. The largest absolute Gasteiger partial charge is 0.573 e. The Morgan fingerprint density at radius 2 is 1.91 bits per heavy atom. The van der Waals surface area contributed by atoms with Gasteiger partial charge in [0.25, 0.3) is 0 Å². The lowest BCUT2D eigenvalue weighted by atomic mass is 10.2. The fraction of sp³-hybridized carbons (Fsp3) is 0.308. The van der Waals surface area contributed by atoms with Crippen molar-refractivity contribution in [1.82, 2.24) is 9.88 Å². The molecule has 0 spiro atoms. The summed E-state index contributed by atoms with van der Waals surface area (Å²) in [6.45, 7) is 2.50. The molecule has 0 amide bonds. The van der Waals surface area contributed by atoms with Crippen molar-refractivity contribution in [3.8, 4) is 5.75 Å². The zero-order valence-corrected chi connectivity index (χ0v) is 13.0. The molecule has 1 heterocycles. The van der Waals surface area contributed by atoms with E-state index in [0.717, 1.165) is 6.07 Å². The number of sulfonamides is 1. The van der Waals surface area contributed by atoms with Crippen molar-refractivity contribution in [2.75, 3.05) is 0 Å². The summed E-state index contributed by atoms with van der Waals surface area (Å²) in [6, 6.07) is 5.26. The number of nitrogens with one attached hydrogen (secondary N) is 1. The molecule has 0 aliphatic carbocycles. The number of para-hydroxylation sites is 1. The van der Waals surface area contributed by atoms with Gasteiger partial charge in [-0.15, -0.1) is 13.2 Å². The molecule has 0 bridgehead atoms. The van der Waals surface area contributed by atoms with Gasteiger partial charge in [0.05, 0.1) is 0 Å². The van der Waals surface area contributed by atoms with Crippen LogP contribution in [-0.2, 0) is 16.6 Å². The van der Waals surface area contributed by atoms with Gasteiger partial charge in [-0.25, -0.2) is 13.1 Å². The predicted molar refractivity (Wildman–Crippen MR) is 73.1 cm³/mol. The fourth-order valence-electron chi connectivity index (χ4n) is 1.98. The highest BCUT2D eigenvalue weighted by Gasteiger charge is 2.32. The lowest BCUT2D eigenvalue weighted by Crippen LogP contribution is -2.25. The Labute approximate surface area is 130 Å². The molecule has 2 aromatic rings. The Morgan fingerprint density at radius 1 is 1.26 bits per heavy atom. The SMILES string of the molecule is Cc1noc(C)c1S(=O)(=O)NCc1ccccc1OC(F)(F)F. The first-order valence-corrected chi connectivity index (χ1v) is 7.84. The van der Waals surface area contributed by atoms with Gasteiger partial charge in [-0.1, -0.05) is 23.4 Å². The molecule has 0 atom stereocenters. The maximum Gasteiger partial charge on any atom is 0.573 e. The molecule has 6 nitrogen and oxygen atoms in total. The van der Waals surface area contributed by atoms with E-state index in [0.29, 0.717) is 0 Å². The van der Waals surface area contributed by atoms with Gasteiger partial charge in [-0.05, 0) is 19.9 Å². The normalized spacial score (nSPS) is 12.4. The summed E-state index contributed by atoms with van der Waals surface area (Å²) < 4.78 is 72.4. The van der Waals surface area contributed by atoms with Gasteiger partial charge in [-0.3, -0.25) is 0 Å². The van der Waals surface area contributed by atoms with Crippen molar-refractivity contribution < 1.29 is 30.8 Å². The van der Waals surface area contributed by atoms with Gasteiger partial charge in [0, 0.05) is 12.1 Å². The Bertz CT molecular complexity index is 780. The van der Waals surface area contributed by atoms with E-state index in [9.17, 15) is 21.6 Å². The summed E-state index contributed by atoms with van der Waals surface area (Å²) in [5.74, 6) is -0.378. The summed E-state index contributed by atoms with van der Waals surface area (Å²) in [4.78, 5) is -0.133. The number of hydrogen-bond acceptors (Lipinski definition) is 5. The molecule has 1 aromatic carbocycles. The molecule has 0 saturated heterocycles. The van der Waals surface area contributed by atoms with Crippen molar-refractivity contribution in [1.29, 1.82) is 0 Å². The second kappa shape index (κ2) is 6.20. The molecule has 0 aliphatic heterocycles. The number of benzene rings is 1. The Balaban J connectivity index is 2.22. The summed E-state index contributed by atoms with van der Waals surface area (Å²) in [5, 5.41) is 3.54. The molecule has 0 aliphatic rings. The molecule has 2 rings (SSSR count). The third kappa shape index (κ3) is 4.23. The number of aromatic nitrogens is 1. The molecule has 23 heavy (non-hydrogen) atoms. The number of nitrogens with zero attached hydrogens (tertiary/aromatic N) is 1. The molecule has 1 aromatic heterocycles. The van der Waals surface area contributed by atoms with E-state index < -0.39 is 22.1 Å². The van der Waals surface area contributed by atoms with E-state index in [1.54, 1.807) is 0 Å². The molecular formula is C13H13F3N2O4S. The van der Waals surface area contributed by atoms with E-state index in [4.69, 9.17) is 4.52 Å². The van der Waals surface area contributed by atoms with Crippen molar-refractivity contribution in [3.05, 3.63) is 41.3 Å². The number of halogens is 3. The molecular weight excluding hydrogens is 337 g/mol. The second-order valence-electron chi connectivity index (χ2n) is 4.63. The molecule has 0 radical (unpaired) electrons. The van der Waals surface area contributed by atoms with Gasteiger partial charge < -0.3 is 9.26 Å². The van der Waals surface area contributed by atoms with Crippen LogP contribution in [0.25, 0.3) is 0 Å². The van der Waals surface area contributed by atoms with Crippen molar-refractivity contribution >= 4 is 10.0 Å². The van der Waals surface area contributed by atoms with Crippen LogP contribution in [0.1, 0.15) is 17.0 Å². The topological polar surface area (TPSA) is 81.4 Å². The Kier molecular flexibility index (Phi) is 4.66. The van der Waals surface area contributed by atoms with E-state index in [1.807, 2.05) is 0 Å². The number of aryl methyl sites for hydroxylation is 2. The molecule has 10 heteroatoms. The van der Waals surface area contributed by atoms with Crippen molar-refractivity contribution in [3.63, 3.8) is 0 Å². The average molecular weight is 350 g/mol. The molecule has 0 unspecified atom stereocenters. The van der Waals surface area contributed by atoms with Crippen molar-refractivity contribution in [2.45, 2.75) is 31.7 Å². The molecule has 0 fully saturated rings. The van der Waals surface area contributed by atoms with E-state index in [-0.39, 0.29) is 28.5 Å². The number of rotatable bonds is 5. The standard InChI is InChI=1S/C13H13F3N2O4S/c1-8-12(9(2)22-18-8)23(19,20)17-7-10-5-3-4-6-11(10)21-13(14,15)16/h3-6,17H,7H2,1-2H3. The van der Waals surface area contributed by atoms with Gasteiger partial charge in [0.1, 0.15) is 16.3 Å². The maximum atomic E-state index is 12.3. The smallest absolute Gasteiger partial charge is 0.405 e. The average Bonchev–Trinajstić information content (AvgIpc) is 2.76. The monoisotopic (exact) mass is 350 g/mol. The summed E-state index contributed by atoms with van der Waals surface area (Å²) >= 11 is 0. The summed E-state index contributed by atoms with van der Waals surface area (Å²) in [6.07, 6.45) is -4.86. The highest BCUT2D eigenvalue weighted by Crippen LogP contribution is 2.27. The van der Waals surface area contributed by atoms with E-state index in [1.165, 1.54) is 32.0 Å². The van der Waals surface area contributed by atoms with Gasteiger partial charge >= 0.3 is 6.36 Å². The zero-order valence-electron chi connectivity index (χ0n) is 12.1. The zero-order chi connectivity index (χ0) is 17.3. The van der Waals surface area contributed by atoms with Gasteiger partial charge in [0.15, 0.2) is 5.76 Å². The quantitative estimate of drug-likeness (QED) is 0.897. The van der Waals surface area contributed by atoms with Crippen molar-refractivity contribution in [2.24, 2.45) is 0 Å². The Morgan fingerprint density at radius 3 is 2.48 bits per heavy atom. The van der Waals surface area contributed by atoms with Crippen LogP contribution < -0.4 is 9.46 Å². The van der Waals surface area contributed by atoms with Crippen LogP contribution in [0.5, 0.6) is 5.75 Å². The molecule has 1 N–H and O–H groups in total. The Hall–Kier alpha value is -2.07. The van der Waals surface area contributed by atoms with Crippen LogP contribution in [0.3, 0.4) is 0 Å². The number of hydrogen-bond donors (Lipinski definition) is 1. The fourth-order valence-corrected chi connectivity index (χ4v) is 3.31. The minimum atomic E-state index is -4.86. The predicted octanol–water partition coefficient (Wildman–Crippen LogP) is 2.67. The number of alkyl halides is 3. The first kappa shape index (κ1) is 17.3. The molecule has 0 saturated carbocycles. The second-order valence-corrected chi connectivity index (χ2v) is 6.34. The lowest BCUT2D eigenvalue weighted by molar-refractivity contribution is -0.274. The maximum absolute atomic E-state index is 12.3. The lowest BCUT2D eigenvalue weighted by Gasteiger charge is -2.13. The van der Waals surface area contributed by atoms with E-state index in [2.05, 4.69) is 14.6 Å². The highest BCUT2D eigenvalue weighted by atomic mass is 32.2. The third-order valence-corrected chi connectivity index (χ3v) is 4.53. The first-order chi connectivity index (χ1) is 10.6. The van der Waals surface area contributed by atoms with Crippen LogP contribution in [0, 0.1) is 13.8 Å². The van der Waals surface area contributed by atoms with E-state index >= 15 is 0 Å². The first-order valence-electron chi connectivity index (χ1n) is 6.36. The third-order valence-electron chi connectivity index (χ3n) is 2.89. The summed E-state index contributed by atoms with van der Waals surface area (Å²) in [5.41, 5.74) is 0.204. The molecule has 126 valence electrons.